The van der Waals surface area contributed by atoms with Crippen LogP contribution in [0.3, 0.4) is 0 Å². The number of aryl methyl sites for hydroxylation is 3. The van der Waals surface area contributed by atoms with Crippen molar-refractivity contribution < 1.29 is 4.39 Å². The van der Waals surface area contributed by atoms with Crippen LogP contribution >= 0.6 is 24.0 Å². The molecule has 1 unspecified atom stereocenters. The molecule has 182 valence electrons. The maximum absolute atomic E-state index is 13.5. The van der Waals surface area contributed by atoms with Gasteiger partial charge in [0.15, 0.2) is 5.96 Å². The van der Waals surface area contributed by atoms with E-state index in [4.69, 9.17) is 0 Å². The molecule has 0 radical (unpaired) electrons. The first-order valence-corrected chi connectivity index (χ1v) is 12.0. The molecule has 1 atom stereocenters. The summed E-state index contributed by atoms with van der Waals surface area (Å²) in [6, 6.07) is 5.37. The Labute approximate surface area is 213 Å². The molecule has 1 aromatic heterocycles. The minimum atomic E-state index is -0.176. The van der Waals surface area contributed by atoms with Gasteiger partial charge in [0.1, 0.15) is 17.5 Å². The zero-order chi connectivity index (χ0) is 22.3. The molecule has 0 spiro atoms. The summed E-state index contributed by atoms with van der Waals surface area (Å²) in [5, 5.41) is 15.9. The standard InChI is InChI=1S/C24H36FN7.HI/c1-18-16-19(25)11-12-21(18)31-14-7-8-20(17-31)28-24(26-2)27-13-6-10-23-30-29-22-9-4-3-5-15-32(22)23;/h11-12,16,20H,3-10,13-15,17H2,1-2H3,(H2,26,27,28);1H. The number of anilines is 1. The van der Waals surface area contributed by atoms with Crippen LogP contribution in [0, 0.1) is 12.7 Å². The predicted octanol–water partition coefficient (Wildman–Crippen LogP) is 3.84. The molecule has 2 aromatic rings. The Morgan fingerprint density at radius 2 is 2.06 bits per heavy atom. The lowest BCUT2D eigenvalue weighted by Gasteiger charge is -2.36. The number of fused-ring (bicyclic) bond motifs is 1. The highest BCUT2D eigenvalue weighted by molar-refractivity contribution is 14.0. The van der Waals surface area contributed by atoms with E-state index in [0.29, 0.717) is 6.04 Å². The monoisotopic (exact) mass is 569 g/mol. The number of piperidine rings is 1. The molecule has 1 saturated heterocycles. The van der Waals surface area contributed by atoms with E-state index in [9.17, 15) is 4.39 Å². The number of guanidine groups is 1. The molecule has 0 amide bonds. The Balaban J connectivity index is 0.00000306. The lowest BCUT2D eigenvalue weighted by molar-refractivity contribution is 0.467. The van der Waals surface area contributed by atoms with Crippen LogP contribution in [0.4, 0.5) is 10.1 Å². The lowest BCUT2D eigenvalue weighted by Crippen LogP contribution is -2.51. The third-order valence-electron chi connectivity index (χ3n) is 6.54. The Bertz CT molecular complexity index is 930. The number of nitrogens with one attached hydrogen (secondary N) is 2. The van der Waals surface area contributed by atoms with Crippen LogP contribution in [0.1, 0.15) is 55.7 Å². The van der Waals surface area contributed by atoms with E-state index in [1.165, 1.54) is 19.3 Å². The van der Waals surface area contributed by atoms with Crippen LogP contribution in [0.25, 0.3) is 0 Å². The number of aromatic nitrogens is 3. The molecular weight excluding hydrogens is 532 g/mol. The third-order valence-corrected chi connectivity index (χ3v) is 6.54. The van der Waals surface area contributed by atoms with Gasteiger partial charge >= 0.3 is 0 Å². The Hall–Kier alpha value is -1.91. The summed E-state index contributed by atoms with van der Waals surface area (Å²) in [5.41, 5.74) is 2.10. The van der Waals surface area contributed by atoms with Crippen LogP contribution in [0.2, 0.25) is 0 Å². The molecule has 33 heavy (non-hydrogen) atoms. The quantitative estimate of drug-likeness (QED) is 0.240. The van der Waals surface area contributed by atoms with Gasteiger partial charge in [-0.2, -0.15) is 0 Å². The Morgan fingerprint density at radius 1 is 1.18 bits per heavy atom. The van der Waals surface area contributed by atoms with Gasteiger partial charge in [0.2, 0.25) is 0 Å². The summed E-state index contributed by atoms with van der Waals surface area (Å²) in [7, 11) is 1.82. The van der Waals surface area contributed by atoms with Crippen molar-refractivity contribution in [3.8, 4) is 0 Å². The molecule has 1 fully saturated rings. The van der Waals surface area contributed by atoms with Crippen LogP contribution in [-0.4, -0.2) is 53.4 Å². The summed E-state index contributed by atoms with van der Waals surface area (Å²) in [6.07, 6.45) is 8.91. The first-order valence-electron chi connectivity index (χ1n) is 12.0. The second-order valence-corrected chi connectivity index (χ2v) is 8.96. The lowest BCUT2D eigenvalue weighted by atomic mass is 10.0. The first kappa shape index (κ1) is 25.7. The molecule has 9 heteroatoms. The number of nitrogens with zero attached hydrogens (tertiary/aromatic N) is 5. The Kier molecular flexibility index (Phi) is 9.76. The van der Waals surface area contributed by atoms with Gasteiger partial charge in [0, 0.05) is 57.8 Å². The highest BCUT2D eigenvalue weighted by Gasteiger charge is 2.22. The molecule has 2 N–H and O–H groups in total. The van der Waals surface area contributed by atoms with Gasteiger partial charge in [-0.3, -0.25) is 4.99 Å². The molecule has 0 saturated carbocycles. The highest BCUT2D eigenvalue weighted by atomic mass is 127. The molecule has 2 aliphatic heterocycles. The number of halogens is 2. The van der Waals surface area contributed by atoms with Gasteiger partial charge < -0.3 is 20.1 Å². The molecular formula is C24H37FIN7. The van der Waals surface area contributed by atoms with Gasteiger partial charge in [-0.1, -0.05) is 6.42 Å². The molecule has 0 aliphatic carbocycles. The topological polar surface area (TPSA) is 70.4 Å². The maximum atomic E-state index is 13.5. The summed E-state index contributed by atoms with van der Waals surface area (Å²) >= 11 is 0. The minimum absolute atomic E-state index is 0. The maximum Gasteiger partial charge on any atom is 0.191 e. The molecule has 2 aliphatic rings. The summed E-state index contributed by atoms with van der Waals surface area (Å²) in [4.78, 5) is 6.77. The minimum Gasteiger partial charge on any atom is -0.369 e. The normalized spacial score (nSPS) is 18.8. The fraction of sp³-hybridized carbons (Fsp3) is 0.625. The van der Waals surface area contributed by atoms with E-state index >= 15 is 0 Å². The van der Waals surface area contributed by atoms with Crippen LogP contribution in [-0.2, 0) is 19.4 Å². The second kappa shape index (κ2) is 12.5. The zero-order valence-corrected chi connectivity index (χ0v) is 22.1. The van der Waals surface area contributed by atoms with Gasteiger partial charge in [-0.05, 0) is 62.8 Å². The van der Waals surface area contributed by atoms with Crippen molar-refractivity contribution in [1.82, 2.24) is 25.4 Å². The van der Waals surface area contributed by atoms with Crippen molar-refractivity contribution in [2.45, 2.75) is 70.9 Å². The summed E-state index contributed by atoms with van der Waals surface area (Å²) in [6.45, 7) is 5.76. The molecule has 4 rings (SSSR count). The van der Waals surface area contributed by atoms with E-state index in [1.807, 2.05) is 20.0 Å². The summed E-state index contributed by atoms with van der Waals surface area (Å²) in [5.74, 6) is 2.93. The molecule has 3 heterocycles. The van der Waals surface area contributed by atoms with Crippen molar-refractivity contribution in [1.29, 1.82) is 0 Å². The number of rotatable bonds is 6. The molecule has 7 nitrogen and oxygen atoms in total. The predicted molar refractivity (Wildman–Crippen MR) is 142 cm³/mol. The largest absolute Gasteiger partial charge is 0.369 e. The van der Waals surface area contributed by atoms with E-state index < -0.39 is 0 Å². The van der Waals surface area contributed by atoms with Crippen molar-refractivity contribution in [3.63, 3.8) is 0 Å². The number of hydrogen-bond donors (Lipinski definition) is 2. The van der Waals surface area contributed by atoms with Gasteiger partial charge in [-0.15, -0.1) is 34.2 Å². The van der Waals surface area contributed by atoms with Gasteiger partial charge in [0.05, 0.1) is 0 Å². The van der Waals surface area contributed by atoms with E-state index in [-0.39, 0.29) is 29.8 Å². The zero-order valence-electron chi connectivity index (χ0n) is 19.8. The molecule has 0 bridgehead atoms. The van der Waals surface area contributed by atoms with Crippen molar-refractivity contribution in [2.75, 3.05) is 31.6 Å². The number of aliphatic imine (C=N–C) groups is 1. The number of hydrogen-bond acceptors (Lipinski definition) is 4. The highest BCUT2D eigenvalue weighted by Crippen LogP contribution is 2.24. The van der Waals surface area contributed by atoms with Crippen LogP contribution in [0.15, 0.2) is 23.2 Å². The van der Waals surface area contributed by atoms with Crippen LogP contribution < -0.4 is 15.5 Å². The van der Waals surface area contributed by atoms with Gasteiger partial charge in [-0.25, -0.2) is 4.39 Å². The van der Waals surface area contributed by atoms with Gasteiger partial charge in [0.25, 0.3) is 0 Å². The number of benzene rings is 1. The first-order chi connectivity index (χ1) is 15.6. The second-order valence-electron chi connectivity index (χ2n) is 8.96. The van der Waals surface area contributed by atoms with Crippen molar-refractivity contribution in [3.05, 3.63) is 41.2 Å². The fourth-order valence-corrected chi connectivity index (χ4v) is 4.86. The third kappa shape index (κ3) is 6.80. The van der Waals surface area contributed by atoms with Crippen LogP contribution in [0.5, 0.6) is 0 Å². The van der Waals surface area contributed by atoms with E-state index in [2.05, 4.69) is 35.3 Å². The fourth-order valence-electron chi connectivity index (χ4n) is 4.86. The Morgan fingerprint density at radius 3 is 2.88 bits per heavy atom. The van der Waals surface area contributed by atoms with Crippen molar-refractivity contribution in [2.24, 2.45) is 4.99 Å². The average Bonchev–Trinajstić information content (AvgIpc) is 3.01. The molecule has 1 aromatic carbocycles. The van der Waals surface area contributed by atoms with E-state index in [1.54, 1.807) is 12.1 Å². The van der Waals surface area contributed by atoms with E-state index in [0.717, 1.165) is 87.1 Å². The average molecular weight is 570 g/mol. The SMILES string of the molecule is CN=C(NCCCc1nnc2n1CCCCC2)NC1CCCN(c2ccc(F)cc2C)C1.I. The smallest absolute Gasteiger partial charge is 0.191 e. The van der Waals surface area contributed by atoms with Crippen molar-refractivity contribution >= 4 is 35.6 Å². The summed E-state index contributed by atoms with van der Waals surface area (Å²) < 4.78 is 15.8.